The minimum absolute atomic E-state index is 0.0445. The molecule has 4 N–H and O–H groups in total. The number of primary sulfonamides is 1. The van der Waals surface area contributed by atoms with Crippen LogP contribution in [0.15, 0.2) is 47.4 Å². The molecule has 0 spiro atoms. The minimum atomic E-state index is -3.83. The highest BCUT2D eigenvalue weighted by molar-refractivity contribution is 7.89. The fraction of sp³-hybridized carbons (Fsp3) is 0.143. The first-order valence-corrected chi connectivity index (χ1v) is 7.63. The van der Waals surface area contributed by atoms with Crippen molar-refractivity contribution >= 4 is 15.7 Å². The summed E-state index contributed by atoms with van der Waals surface area (Å²) >= 11 is 0. The summed E-state index contributed by atoms with van der Waals surface area (Å²) in [5.74, 6) is 1.03. The third-order valence-electron chi connectivity index (χ3n) is 2.73. The van der Waals surface area contributed by atoms with Crippen LogP contribution >= 0.6 is 0 Å². The van der Waals surface area contributed by atoms with Crippen LogP contribution in [0.2, 0.25) is 0 Å². The van der Waals surface area contributed by atoms with Crippen molar-refractivity contribution in [2.45, 2.75) is 11.5 Å². The van der Waals surface area contributed by atoms with Crippen LogP contribution in [0.4, 0.5) is 5.69 Å². The Morgan fingerprint density at radius 1 is 1.10 bits per heavy atom. The van der Waals surface area contributed by atoms with Crippen LogP contribution < -0.4 is 15.6 Å². The van der Waals surface area contributed by atoms with Crippen molar-refractivity contribution in [3.05, 3.63) is 48.0 Å². The molecule has 0 saturated heterocycles. The van der Waals surface area contributed by atoms with E-state index in [0.29, 0.717) is 18.1 Å². The van der Waals surface area contributed by atoms with Crippen molar-refractivity contribution in [3.63, 3.8) is 0 Å². The number of sulfonamides is 1. The summed E-state index contributed by atoms with van der Waals surface area (Å²) in [7, 11) is -2.22. The average molecular weight is 308 g/mol. The van der Waals surface area contributed by atoms with Gasteiger partial charge in [-0.3, -0.25) is 0 Å². The molecule has 0 unspecified atom stereocenters. The highest BCUT2D eigenvalue weighted by Crippen LogP contribution is 2.27. The van der Waals surface area contributed by atoms with Crippen LogP contribution in [0.5, 0.6) is 11.5 Å². The van der Waals surface area contributed by atoms with Gasteiger partial charge in [-0.2, -0.15) is 0 Å². The third kappa shape index (κ3) is 3.94. The number of ether oxygens (including phenoxy) is 2. The molecule has 2 rings (SSSR count). The maximum Gasteiger partial charge on any atom is 0.240 e. The van der Waals surface area contributed by atoms with Gasteiger partial charge in [-0.25, -0.2) is 13.6 Å². The smallest absolute Gasteiger partial charge is 0.240 e. The van der Waals surface area contributed by atoms with Crippen molar-refractivity contribution in [3.8, 4) is 11.5 Å². The van der Waals surface area contributed by atoms with E-state index in [-0.39, 0.29) is 10.6 Å². The molecule has 0 aliphatic carbocycles. The first-order valence-electron chi connectivity index (χ1n) is 6.08. The number of rotatable bonds is 5. The monoisotopic (exact) mass is 308 g/mol. The van der Waals surface area contributed by atoms with E-state index < -0.39 is 10.0 Å². The summed E-state index contributed by atoms with van der Waals surface area (Å²) < 4.78 is 33.3. The SMILES string of the molecule is COCc1cccc(Oc2ccc(S(N)(=O)=O)c(N)c2)c1. The Balaban J connectivity index is 2.24. The summed E-state index contributed by atoms with van der Waals surface area (Å²) in [4.78, 5) is -0.122. The van der Waals surface area contributed by atoms with Gasteiger partial charge >= 0.3 is 0 Å². The number of nitrogen functional groups attached to an aromatic ring is 1. The molecule has 0 aliphatic heterocycles. The molecular formula is C14H16N2O4S. The Kier molecular flexibility index (Phi) is 4.46. The lowest BCUT2D eigenvalue weighted by molar-refractivity contribution is 0.184. The molecule has 0 bridgehead atoms. The van der Waals surface area contributed by atoms with E-state index >= 15 is 0 Å². The van der Waals surface area contributed by atoms with E-state index in [1.165, 1.54) is 18.2 Å². The van der Waals surface area contributed by atoms with Crippen molar-refractivity contribution < 1.29 is 17.9 Å². The first-order chi connectivity index (χ1) is 9.90. The van der Waals surface area contributed by atoms with Crippen molar-refractivity contribution in [1.82, 2.24) is 0 Å². The Labute approximate surface area is 123 Å². The number of hydrogen-bond acceptors (Lipinski definition) is 5. The van der Waals surface area contributed by atoms with Gasteiger partial charge in [-0.05, 0) is 29.8 Å². The molecule has 0 radical (unpaired) electrons. The largest absolute Gasteiger partial charge is 0.457 e. The summed E-state index contributed by atoms with van der Waals surface area (Å²) in [5, 5.41) is 5.05. The van der Waals surface area contributed by atoms with E-state index in [2.05, 4.69) is 0 Å². The van der Waals surface area contributed by atoms with Gasteiger partial charge in [-0.1, -0.05) is 12.1 Å². The quantitative estimate of drug-likeness (QED) is 0.820. The van der Waals surface area contributed by atoms with Crippen LogP contribution in [0.1, 0.15) is 5.56 Å². The zero-order valence-electron chi connectivity index (χ0n) is 11.4. The molecular weight excluding hydrogens is 292 g/mol. The number of benzene rings is 2. The van der Waals surface area contributed by atoms with Gasteiger partial charge in [0.1, 0.15) is 16.4 Å². The zero-order chi connectivity index (χ0) is 15.5. The minimum Gasteiger partial charge on any atom is -0.457 e. The van der Waals surface area contributed by atoms with Gasteiger partial charge in [0.05, 0.1) is 12.3 Å². The maximum atomic E-state index is 11.3. The molecule has 0 atom stereocenters. The third-order valence-corrected chi connectivity index (χ3v) is 3.72. The molecule has 0 heterocycles. The van der Waals surface area contributed by atoms with Crippen LogP contribution in [0, 0.1) is 0 Å². The second-order valence-corrected chi connectivity index (χ2v) is 5.96. The maximum absolute atomic E-state index is 11.3. The summed E-state index contributed by atoms with van der Waals surface area (Å²) in [6, 6.07) is 11.6. The molecule has 2 aromatic rings. The van der Waals surface area contributed by atoms with Gasteiger partial charge in [0, 0.05) is 13.2 Å². The first kappa shape index (κ1) is 15.3. The second-order valence-electron chi connectivity index (χ2n) is 4.43. The van der Waals surface area contributed by atoms with Crippen molar-refractivity contribution in [2.24, 2.45) is 5.14 Å². The fourth-order valence-electron chi connectivity index (χ4n) is 1.85. The normalized spacial score (nSPS) is 11.3. The molecule has 2 aromatic carbocycles. The van der Waals surface area contributed by atoms with Crippen LogP contribution in [-0.2, 0) is 21.4 Å². The Bertz CT molecular complexity index is 744. The topological polar surface area (TPSA) is 105 Å². The lowest BCUT2D eigenvalue weighted by Gasteiger charge is -2.09. The molecule has 0 fully saturated rings. The van der Waals surface area contributed by atoms with Gasteiger partial charge < -0.3 is 15.2 Å². The summed E-state index contributed by atoms with van der Waals surface area (Å²) in [5.41, 5.74) is 6.69. The molecule has 0 aliphatic rings. The Hall–Kier alpha value is -2.09. The van der Waals surface area contributed by atoms with E-state index in [1.54, 1.807) is 13.2 Å². The van der Waals surface area contributed by atoms with Gasteiger partial charge in [0.2, 0.25) is 10.0 Å². The molecule has 0 aromatic heterocycles. The molecule has 112 valence electrons. The Morgan fingerprint density at radius 3 is 2.43 bits per heavy atom. The molecule has 6 nitrogen and oxygen atoms in total. The van der Waals surface area contributed by atoms with E-state index in [1.807, 2.05) is 18.2 Å². The standard InChI is InChI=1S/C14H16N2O4S/c1-19-9-10-3-2-4-11(7-10)20-12-5-6-14(13(15)8-12)21(16,17)18/h2-8H,9,15H2,1H3,(H2,16,17,18). The highest BCUT2D eigenvalue weighted by atomic mass is 32.2. The second kappa shape index (κ2) is 6.13. The molecule has 21 heavy (non-hydrogen) atoms. The van der Waals surface area contributed by atoms with Crippen LogP contribution in [0.3, 0.4) is 0 Å². The van der Waals surface area contributed by atoms with E-state index in [0.717, 1.165) is 5.56 Å². The van der Waals surface area contributed by atoms with Gasteiger partial charge in [0.15, 0.2) is 0 Å². The molecule has 7 heteroatoms. The van der Waals surface area contributed by atoms with Crippen LogP contribution in [-0.4, -0.2) is 15.5 Å². The van der Waals surface area contributed by atoms with Crippen LogP contribution in [0.25, 0.3) is 0 Å². The number of anilines is 1. The summed E-state index contributed by atoms with van der Waals surface area (Å²) in [6.07, 6.45) is 0. The number of nitrogens with two attached hydrogens (primary N) is 2. The lowest BCUT2D eigenvalue weighted by Crippen LogP contribution is -2.14. The predicted molar refractivity (Wildman–Crippen MR) is 79.5 cm³/mol. The highest BCUT2D eigenvalue weighted by Gasteiger charge is 2.13. The number of hydrogen-bond donors (Lipinski definition) is 2. The van der Waals surface area contributed by atoms with E-state index in [4.69, 9.17) is 20.3 Å². The number of methoxy groups -OCH3 is 1. The van der Waals surface area contributed by atoms with E-state index in [9.17, 15) is 8.42 Å². The van der Waals surface area contributed by atoms with Gasteiger partial charge in [0.25, 0.3) is 0 Å². The van der Waals surface area contributed by atoms with Crippen molar-refractivity contribution in [2.75, 3.05) is 12.8 Å². The fourth-order valence-corrected chi connectivity index (χ4v) is 2.50. The predicted octanol–water partition coefficient (Wildman–Crippen LogP) is 1.85. The molecule has 0 saturated carbocycles. The van der Waals surface area contributed by atoms with Crippen molar-refractivity contribution in [1.29, 1.82) is 0 Å². The van der Waals surface area contributed by atoms with Gasteiger partial charge in [-0.15, -0.1) is 0 Å². The zero-order valence-corrected chi connectivity index (χ0v) is 12.3. The average Bonchev–Trinajstić information content (AvgIpc) is 2.38. The lowest BCUT2D eigenvalue weighted by atomic mass is 10.2. The Morgan fingerprint density at radius 2 is 1.81 bits per heavy atom. The molecule has 0 amide bonds. The summed E-state index contributed by atoms with van der Waals surface area (Å²) in [6.45, 7) is 0.476.